The summed E-state index contributed by atoms with van der Waals surface area (Å²) in [7, 11) is 0. The molecule has 0 saturated carbocycles. The van der Waals surface area contributed by atoms with Crippen molar-refractivity contribution in [2.75, 3.05) is 18.5 Å². The van der Waals surface area contributed by atoms with Crippen LogP contribution in [-0.4, -0.2) is 18.5 Å². The Morgan fingerprint density at radius 1 is 1.53 bits per heavy atom. The molecule has 0 aliphatic carbocycles. The van der Waals surface area contributed by atoms with E-state index in [0.717, 1.165) is 25.0 Å². The maximum absolute atomic E-state index is 5.62. The van der Waals surface area contributed by atoms with Gasteiger partial charge in [0, 0.05) is 17.4 Å². The van der Waals surface area contributed by atoms with Gasteiger partial charge in [0.15, 0.2) is 0 Å². The van der Waals surface area contributed by atoms with Crippen molar-refractivity contribution in [1.82, 2.24) is 0 Å². The number of hydrogen-bond acceptors (Lipinski definition) is 2. The minimum absolute atomic E-state index is 0.307. The van der Waals surface area contributed by atoms with Crippen molar-refractivity contribution in [3.8, 4) is 0 Å². The van der Waals surface area contributed by atoms with Crippen LogP contribution in [-0.2, 0) is 11.2 Å². The Hall–Kier alpha value is 0.620. The van der Waals surface area contributed by atoms with Crippen LogP contribution in [0.25, 0.3) is 0 Å². The smallest absolute Gasteiger partial charge is 0.0730 e. The van der Waals surface area contributed by atoms with Crippen molar-refractivity contribution in [1.29, 1.82) is 0 Å². The van der Waals surface area contributed by atoms with E-state index in [1.165, 1.54) is 22.2 Å². The minimum Gasteiger partial charge on any atom is -0.381 e. The normalized spacial score (nSPS) is 26.8. The molecular formula is C11H14Br2OS. The Balaban J connectivity index is 2.10. The molecule has 1 aromatic rings. The lowest BCUT2D eigenvalue weighted by molar-refractivity contribution is 0.00613. The van der Waals surface area contributed by atoms with Crippen molar-refractivity contribution in [3.05, 3.63) is 20.8 Å². The van der Waals surface area contributed by atoms with Crippen LogP contribution in [0.2, 0.25) is 0 Å². The number of hydrogen-bond donors (Lipinski definition) is 0. The number of halogens is 2. The summed E-state index contributed by atoms with van der Waals surface area (Å²) in [6.07, 6.45) is 3.57. The van der Waals surface area contributed by atoms with Crippen molar-refractivity contribution < 1.29 is 4.74 Å². The monoisotopic (exact) mass is 352 g/mol. The maximum atomic E-state index is 5.62. The Kier molecular flexibility index (Phi) is 4.27. The van der Waals surface area contributed by atoms with Gasteiger partial charge in [-0.1, -0.05) is 15.9 Å². The summed E-state index contributed by atoms with van der Waals surface area (Å²) >= 11 is 9.02. The molecular weight excluding hydrogens is 340 g/mol. The van der Waals surface area contributed by atoms with Gasteiger partial charge in [0.1, 0.15) is 0 Å². The van der Waals surface area contributed by atoms with Crippen LogP contribution in [0, 0.1) is 5.41 Å². The lowest BCUT2D eigenvalue weighted by atomic mass is 9.80. The summed E-state index contributed by atoms with van der Waals surface area (Å²) < 4.78 is 6.89. The number of rotatable bonds is 3. The Labute approximate surface area is 111 Å². The van der Waals surface area contributed by atoms with Gasteiger partial charge in [-0.05, 0) is 52.2 Å². The van der Waals surface area contributed by atoms with Gasteiger partial charge in [0.2, 0.25) is 0 Å². The quantitative estimate of drug-likeness (QED) is 0.738. The molecule has 0 aromatic carbocycles. The summed E-state index contributed by atoms with van der Waals surface area (Å²) in [5, 5.41) is 3.17. The molecule has 1 aliphatic rings. The Morgan fingerprint density at radius 3 is 2.93 bits per heavy atom. The zero-order valence-corrected chi connectivity index (χ0v) is 12.5. The van der Waals surface area contributed by atoms with Crippen LogP contribution in [0.4, 0.5) is 0 Å². The van der Waals surface area contributed by atoms with E-state index in [0.29, 0.717) is 5.41 Å². The van der Waals surface area contributed by atoms with Gasteiger partial charge < -0.3 is 4.74 Å². The van der Waals surface area contributed by atoms with Gasteiger partial charge in [-0.25, -0.2) is 0 Å². The van der Waals surface area contributed by atoms with Gasteiger partial charge in [-0.3, -0.25) is 0 Å². The van der Waals surface area contributed by atoms with E-state index in [4.69, 9.17) is 4.74 Å². The molecule has 4 heteroatoms. The molecule has 1 nitrogen and oxygen atoms in total. The number of alkyl halides is 1. The first-order valence-electron chi connectivity index (χ1n) is 5.11. The lowest BCUT2D eigenvalue weighted by Gasteiger charge is -2.35. The predicted octanol–water partition coefficient (Wildman–Crippen LogP) is 4.24. The fourth-order valence-corrected chi connectivity index (χ4v) is 3.93. The molecule has 84 valence electrons. The van der Waals surface area contributed by atoms with E-state index in [9.17, 15) is 0 Å². The highest BCUT2D eigenvalue weighted by atomic mass is 79.9. The first-order valence-corrected chi connectivity index (χ1v) is 7.91. The molecule has 2 heterocycles. The van der Waals surface area contributed by atoms with Crippen molar-refractivity contribution in [3.63, 3.8) is 0 Å². The van der Waals surface area contributed by atoms with Gasteiger partial charge in [0.05, 0.1) is 10.4 Å². The van der Waals surface area contributed by atoms with E-state index in [-0.39, 0.29) is 0 Å². The summed E-state index contributed by atoms with van der Waals surface area (Å²) in [5.41, 5.74) is 1.73. The molecule has 1 saturated heterocycles. The first-order chi connectivity index (χ1) is 7.26. The molecule has 0 radical (unpaired) electrons. The van der Waals surface area contributed by atoms with E-state index in [1.807, 2.05) is 0 Å². The summed E-state index contributed by atoms with van der Waals surface area (Å²) in [6, 6.07) is 2.22. The second-order valence-electron chi connectivity index (χ2n) is 4.19. The molecule has 1 atom stereocenters. The molecule has 1 aromatic heterocycles. The summed E-state index contributed by atoms with van der Waals surface area (Å²) in [5.74, 6) is 0. The summed E-state index contributed by atoms with van der Waals surface area (Å²) in [4.78, 5) is 0. The molecule has 1 unspecified atom stereocenters. The van der Waals surface area contributed by atoms with Crippen LogP contribution in [0.5, 0.6) is 0 Å². The third-order valence-electron chi connectivity index (χ3n) is 2.95. The zero-order valence-electron chi connectivity index (χ0n) is 8.47. The molecule has 0 spiro atoms. The topological polar surface area (TPSA) is 9.23 Å². The van der Waals surface area contributed by atoms with E-state index in [2.05, 4.69) is 43.3 Å². The third-order valence-corrected chi connectivity index (χ3v) is 5.95. The van der Waals surface area contributed by atoms with Gasteiger partial charge in [0.25, 0.3) is 0 Å². The molecule has 0 amide bonds. The standard InChI is InChI=1S/C11H14Br2OS/c12-7-11(3-1-4-14-8-11)6-9-2-5-15-10(9)13/h2,5H,1,3-4,6-8H2. The Morgan fingerprint density at radius 2 is 2.40 bits per heavy atom. The van der Waals surface area contributed by atoms with Crippen LogP contribution in [0.15, 0.2) is 15.2 Å². The average Bonchev–Trinajstić information content (AvgIpc) is 2.66. The third kappa shape index (κ3) is 2.84. The fraction of sp³-hybridized carbons (Fsp3) is 0.636. The highest BCUT2D eigenvalue weighted by Gasteiger charge is 2.32. The van der Waals surface area contributed by atoms with Crippen molar-refractivity contribution in [2.24, 2.45) is 5.41 Å². The highest BCUT2D eigenvalue weighted by Crippen LogP contribution is 2.37. The van der Waals surface area contributed by atoms with Crippen molar-refractivity contribution in [2.45, 2.75) is 19.3 Å². The SMILES string of the molecule is BrCC1(Cc2ccsc2Br)CCCOC1. The zero-order chi connectivity index (χ0) is 10.7. The van der Waals surface area contributed by atoms with Crippen molar-refractivity contribution >= 4 is 43.2 Å². The van der Waals surface area contributed by atoms with E-state index in [1.54, 1.807) is 11.3 Å². The van der Waals surface area contributed by atoms with Gasteiger partial charge in [-0.15, -0.1) is 11.3 Å². The molecule has 15 heavy (non-hydrogen) atoms. The van der Waals surface area contributed by atoms with Crippen LogP contribution < -0.4 is 0 Å². The lowest BCUT2D eigenvalue weighted by Crippen LogP contribution is -2.35. The van der Waals surface area contributed by atoms with E-state index >= 15 is 0 Å². The second-order valence-corrected chi connectivity index (χ2v) is 6.98. The molecule has 0 bridgehead atoms. The van der Waals surface area contributed by atoms with Gasteiger partial charge >= 0.3 is 0 Å². The fourth-order valence-electron chi connectivity index (χ4n) is 2.05. The first kappa shape index (κ1) is 12.1. The highest BCUT2D eigenvalue weighted by molar-refractivity contribution is 9.11. The second kappa shape index (κ2) is 5.30. The Bertz CT molecular complexity index is 318. The van der Waals surface area contributed by atoms with Gasteiger partial charge in [-0.2, -0.15) is 0 Å². The van der Waals surface area contributed by atoms with Crippen LogP contribution >= 0.6 is 43.2 Å². The molecule has 0 N–H and O–H groups in total. The van der Waals surface area contributed by atoms with E-state index < -0.39 is 0 Å². The minimum atomic E-state index is 0.307. The van der Waals surface area contributed by atoms with Crippen LogP contribution in [0.3, 0.4) is 0 Å². The number of ether oxygens (including phenoxy) is 1. The molecule has 1 fully saturated rings. The average molecular weight is 354 g/mol. The molecule has 1 aliphatic heterocycles. The largest absolute Gasteiger partial charge is 0.381 e. The predicted molar refractivity (Wildman–Crippen MR) is 72.0 cm³/mol. The maximum Gasteiger partial charge on any atom is 0.0730 e. The molecule has 2 rings (SSSR count). The number of thiophene rings is 1. The van der Waals surface area contributed by atoms with Crippen LogP contribution in [0.1, 0.15) is 18.4 Å². The summed E-state index contributed by atoms with van der Waals surface area (Å²) in [6.45, 7) is 1.82.